The molecule has 0 radical (unpaired) electrons. The van der Waals surface area contributed by atoms with Crippen LogP contribution in [0.4, 0.5) is 0 Å². The van der Waals surface area contributed by atoms with Crippen molar-refractivity contribution in [3.63, 3.8) is 0 Å². The first-order valence-corrected chi connectivity index (χ1v) is 6.81. The molecule has 0 heterocycles. The van der Waals surface area contributed by atoms with Crippen LogP contribution in [0.5, 0.6) is 0 Å². The largest absolute Gasteiger partial charge is 0.271 e. The molecule has 3 heteroatoms. The predicted octanol–water partition coefficient (Wildman–Crippen LogP) is 3.27. The van der Waals surface area contributed by atoms with Gasteiger partial charge in [0.05, 0.1) is 0 Å². The highest BCUT2D eigenvalue weighted by atomic mass is 35.5. The average molecular weight is 275 g/mol. The van der Waals surface area contributed by atoms with Crippen LogP contribution in [0.25, 0.3) is 0 Å². The van der Waals surface area contributed by atoms with E-state index < -0.39 is 0 Å². The maximum Gasteiger partial charge on any atom is 0.0408 e. The summed E-state index contributed by atoms with van der Waals surface area (Å²) in [5.41, 5.74) is 6.66. The van der Waals surface area contributed by atoms with Crippen LogP contribution >= 0.6 is 11.6 Å². The molecule has 0 saturated carbocycles. The molecule has 2 rings (SSSR count). The topological polar surface area (TPSA) is 38.0 Å². The van der Waals surface area contributed by atoms with Crippen molar-refractivity contribution < 1.29 is 0 Å². The zero-order valence-corrected chi connectivity index (χ0v) is 11.8. The molecule has 0 spiro atoms. The summed E-state index contributed by atoms with van der Waals surface area (Å²) in [5, 5.41) is 0.767. The molecule has 1 atom stereocenters. The maximum absolute atomic E-state index is 6.00. The quantitative estimate of drug-likeness (QED) is 0.649. The van der Waals surface area contributed by atoms with E-state index in [1.165, 1.54) is 16.7 Å². The number of hydrogen-bond donors (Lipinski definition) is 2. The summed E-state index contributed by atoms with van der Waals surface area (Å²) in [7, 11) is 0. The van der Waals surface area contributed by atoms with Gasteiger partial charge in [0.25, 0.3) is 0 Å². The molecule has 100 valence electrons. The first kappa shape index (κ1) is 14.1. The van der Waals surface area contributed by atoms with Crippen LogP contribution in [0.2, 0.25) is 5.02 Å². The van der Waals surface area contributed by atoms with E-state index in [1.807, 2.05) is 18.2 Å². The zero-order chi connectivity index (χ0) is 13.7. The van der Waals surface area contributed by atoms with Gasteiger partial charge in [0.1, 0.15) is 0 Å². The molecule has 1 unspecified atom stereocenters. The van der Waals surface area contributed by atoms with Gasteiger partial charge in [-0.05, 0) is 43.0 Å². The average Bonchev–Trinajstić information content (AvgIpc) is 2.38. The lowest BCUT2D eigenvalue weighted by atomic mass is 9.98. The number of aryl methyl sites for hydroxylation is 1. The van der Waals surface area contributed by atoms with Crippen LogP contribution in [0.3, 0.4) is 0 Å². The molecule has 3 N–H and O–H groups in total. The van der Waals surface area contributed by atoms with Crippen LogP contribution in [0, 0.1) is 6.92 Å². The van der Waals surface area contributed by atoms with Gasteiger partial charge in [0, 0.05) is 11.1 Å². The van der Waals surface area contributed by atoms with Gasteiger partial charge in [-0.1, -0.05) is 53.6 Å². The zero-order valence-electron chi connectivity index (χ0n) is 11.1. The Labute approximate surface area is 119 Å². The minimum atomic E-state index is 0.209. The molecule has 0 aliphatic heterocycles. The second kappa shape index (κ2) is 6.71. The van der Waals surface area contributed by atoms with E-state index in [4.69, 9.17) is 17.4 Å². The number of benzene rings is 2. The Morgan fingerprint density at radius 1 is 1.05 bits per heavy atom. The molecule has 19 heavy (non-hydrogen) atoms. The van der Waals surface area contributed by atoms with Crippen molar-refractivity contribution in [3.05, 3.63) is 70.2 Å². The lowest BCUT2D eigenvalue weighted by Crippen LogP contribution is -2.38. The van der Waals surface area contributed by atoms with Gasteiger partial charge in [0.2, 0.25) is 0 Å². The smallest absolute Gasteiger partial charge is 0.0408 e. The highest BCUT2D eigenvalue weighted by Crippen LogP contribution is 2.14. The van der Waals surface area contributed by atoms with E-state index in [0.29, 0.717) is 0 Å². The Morgan fingerprint density at radius 3 is 2.26 bits per heavy atom. The van der Waals surface area contributed by atoms with Crippen LogP contribution < -0.4 is 11.3 Å². The summed E-state index contributed by atoms with van der Waals surface area (Å²) in [6.07, 6.45) is 1.77. The van der Waals surface area contributed by atoms with Crippen molar-refractivity contribution in [2.24, 2.45) is 5.84 Å². The third kappa shape index (κ3) is 4.35. The molecule has 0 aromatic heterocycles. The Kier molecular flexibility index (Phi) is 4.97. The van der Waals surface area contributed by atoms with E-state index in [-0.39, 0.29) is 6.04 Å². The highest BCUT2D eigenvalue weighted by Gasteiger charge is 2.09. The number of hydrogen-bond acceptors (Lipinski definition) is 2. The number of nitrogens with two attached hydrogens (primary N) is 1. The SMILES string of the molecule is Cc1cccc(CC(Cc2cccc(Cl)c2)NN)c1. The number of hydrazine groups is 1. The predicted molar refractivity (Wildman–Crippen MR) is 81.2 cm³/mol. The molecule has 0 fully saturated rings. The van der Waals surface area contributed by atoms with Crippen molar-refractivity contribution >= 4 is 11.6 Å². The van der Waals surface area contributed by atoms with Crippen LogP contribution in [-0.2, 0) is 12.8 Å². The molecular formula is C16H19ClN2. The molecule has 0 saturated heterocycles. The summed E-state index contributed by atoms with van der Waals surface area (Å²) >= 11 is 6.00. The van der Waals surface area contributed by atoms with Gasteiger partial charge in [-0.3, -0.25) is 11.3 Å². The van der Waals surface area contributed by atoms with Gasteiger partial charge >= 0.3 is 0 Å². The summed E-state index contributed by atoms with van der Waals surface area (Å²) in [4.78, 5) is 0. The fourth-order valence-corrected chi connectivity index (χ4v) is 2.47. The highest BCUT2D eigenvalue weighted by molar-refractivity contribution is 6.30. The molecule has 2 aromatic carbocycles. The fraction of sp³-hybridized carbons (Fsp3) is 0.250. The van der Waals surface area contributed by atoms with E-state index >= 15 is 0 Å². The number of halogens is 1. The van der Waals surface area contributed by atoms with Crippen LogP contribution in [0.1, 0.15) is 16.7 Å². The molecule has 0 aliphatic carbocycles. The second-order valence-electron chi connectivity index (χ2n) is 4.89. The van der Waals surface area contributed by atoms with E-state index in [2.05, 4.69) is 42.7 Å². The number of nitrogens with one attached hydrogen (secondary N) is 1. The van der Waals surface area contributed by atoms with Crippen LogP contribution in [-0.4, -0.2) is 6.04 Å². The Balaban J connectivity index is 2.04. The summed E-state index contributed by atoms with van der Waals surface area (Å²) in [6.45, 7) is 2.10. The lowest BCUT2D eigenvalue weighted by molar-refractivity contribution is 0.522. The van der Waals surface area contributed by atoms with Gasteiger partial charge in [-0.25, -0.2) is 0 Å². The monoisotopic (exact) mass is 274 g/mol. The molecule has 2 nitrogen and oxygen atoms in total. The summed E-state index contributed by atoms with van der Waals surface area (Å²) < 4.78 is 0. The van der Waals surface area contributed by atoms with E-state index in [1.54, 1.807) is 0 Å². The Hall–Kier alpha value is -1.35. The van der Waals surface area contributed by atoms with Gasteiger partial charge < -0.3 is 0 Å². The molecule has 0 aliphatic rings. The van der Waals surface area contributed by atoms with Crippen molar-refractivity contribution in [2.45, 2.75) is 25.8 Å². The molecular weight excluding hydrogens is 256 g/mol. The van der Waals surface area contributed by atoms with E-state index in [0.717, 1.165) is 17.9 Å². The molecule has 0 amide bonds. The van der Waals surface area contributed by atoms with Crippen molar-refractivity contribution in [3.8, 4) is 0 Å². The maximum atomic E-state index is 6.00. The first-order chi connectivity index (χ1) is 9.17. The standard InChI is InChI=1S/C16H19ClN2/c1-12-4-2-5-13(8-12)10-16(19-18)11-14-6-3-7-15(17)9-14/h2-9,16,19H,10-11,18H2,1H3. The normalized spacial score (nSPS) is 12.4. The summed E-state index contributed by atoms with van der Waals surface area (Å²) in [5.74, 6) is 5.66. The molecule has 0 bridgehead atoms. The molecule has 2 aromatic rings. The minimum Gasteiger partial charge on any atom is -0.271 e. The van der Waals surface area contributed by atoms with Gasteiger partial charge in [-0.15, -0.1) is 0 Å². The van der Waals surface area contributed by atoms with E-state index in [9.17, 15) is 0 Å². The third-order valence-corrected chi connectivity index (χ3v) is 3.41. The Bertz CT molecular complexity index is 492. The van der Waals surface area contributed by atoms with Crippen molar-refractivity contribution in [1.29, 1.82) is 0 Å². The lowest BCUT2D eigenvalue weighted by Gasteiger charge is -2.16. The van der Waals surface area contributed by atoms with Crippen LogP contribution in [0.15, 0.2) is 48.5 Å². The first-order valence-electron chi connectivity index (χ1n) is 6.43. The third-order valence-electron chi connectivity index (χ3n) is 3.17. The fourth-order valence-electron chi connectivity index (χ4n) is 2.26. The minimum absolute atomic E-state index is 0.209. The van der Waals surface area contributed by atoms with Crippen molar-refractivity contribution in [2.75, 3.05) is 0 Å². The van der Waals surface area contributed by atoms with Crippen molar-refractivity contribution in [1.82, 2.24) is 5.43 Å². The number of rotatable bonds is 5. The Morgan fingerprint density at radius 2 is 1.68 bits per heavy atom. The second-order valence-corrected chi connectivity index (χ2v) is 5.33. The van der Waals surface area contributed by atoms with Gasteiger partial charge in [0.15, 0.2) is 0 Å². The van der Waals surface area contributed by atoms with Gasteiger partial charge in [-0.2, -0.15) is 0 Å². The summed E-state index contributed by atoms with van der Waals surface area (Å²) in [6, 6.07) is 16.6.